The molecule has 3 rings (SSSR count). The van der Waals surface area contributed by atoms with Crippen LogP contribution in [0.2, 0.25) is 0 Å². The number of para-hydroxylation sites is 1. The van der Waals surface area contributed by atoms with Crippen molar-refractivity contribution in [2.45, 2.75) is 25.8 Å². The number of rotatable bonds is 5. The van der Waals surface area contributed by atoms with E-state index in [9.17, 15) is 19.2 Å². The van der Waals surface area contributed by atoms with E-state index in [4.69, 9.17) is 0 Å². The van der Waals surface area contributed by atoms with E-state index in [1.165, 1.54) is 6.92 Å². The average Bonchev–Trinajstić information content (AvgIpc) is 2.77. The van der Waals surface area contributed by atoms with Crippen LogP contribution in [-0.4, -0.2) is 29.5 Å². The molecule has 27 heavy (non-hydrogen) atoms. The maximum absolute atomic E-state index is 12.3. The molecular weight excluding hydrogens is 346 g/mol. The minimum Gasteiger partial charge on any atom is -0.340 e. The Kier molecular flexibility index (Phi) is 5.30. The third-order valence-corrected chi connectivity index (χ3v) is 4.29. The number of hydrogen-bond acceptors (Lipinski definition) is 4. The van der Waals surface area contributed by atoms with Gasteiger partial charge >= 0.3 is 0 Å². The number of benzene rings is 2. The molecule has 7 heteroatoms. The fourth-order valence-corrected chi connectivity index (χ4v) is 2.80. The summed E-state index contributed by atoms with van der Waals surface area (Å²) in [7, 11) is 0. The van der Waals surface area contributed by atoms with Crippen molar-refractivity contribution in [3.05, 3.63) is 59.7 Å². The smallest absolute Gasteiger partial charge is 0.254 e. The van der Waals surface area contributed by atoms with Crippen molar-refractivity contribution in [2.24, 2.45) is 0 Å². The van der Waals surface area contributed by atoms with Crippen molar-refractivity contribution in [3.63, 3.8) is 0 Å². The van der Waals surface area contributed by atoms with Gasteiger partial charge in [-0.3, -0.25) is 19.2 Å². The van der Waals surface area contributed by atoms with Gasteiger partial charge < -0.3 is 16.0 Å². The summed E-state index contributed by atoms with van der Waals surface area (Å²) >= 11 is 0. The summed E-state index contributed by atoms with van der Waals surface area (Å²) < 4.78 is 0. The standard InChI is InChI=1S/C20H19N3O4/c1-12(24)13-6-8-14(9-7-13)21-18(25)11-10-17-20(27)22-16-5-3-2-4-15(16)19(26)23-17/h2-9,17H,10-11H2,1H3,(H,21,25)(H,22,27)(H,23,26). The molecule has 7 nitrogen and oxygen atoms in total. The SMILES string of the molecule is CC(=O)c1ccc(NC(=O)CCC2NC(=O)c3ccccc3NC2=O)cc1. The van der Waals surface area contributed by atoms with Crippen molar-refractivity contribution >= 4 is 34.9 Å². The van der Waals surface area contributed by atoms with E-state index in [0.717, 1.165) is 0 Å². The third-order valence-electron chi connectivity index (χ3n) is 4.29. The van der Waals surface area contributed by atoms with E-state index in [0.29, 0.717) is 22.5 Å². The molecule has 0 spiro atoms. The van der Waals surface area contributed by atoms with Gasteiger partial charge in [-0.1, -0.05) is 12.1 Å². The number of fused-ring (bicyclic) bond motifs is 1. The molecule has 3 amide bonds. The van der Waals surface area contributed by atoms with E-state index in [2.05, 4.69) is 16.0 Å². The van der Waals surface area contributed by atoms with Gasteiger partial charge in [-0.05, 0) is 49.7 Å². The van der Waals surface area contributed by atoms with E-state index in [-0.39, 0.29) is 36.3 Å². The Hall–Kier alpha value is -3.48. The Bertz CT molecular complexity index is 906. The summed E-state index contributed by atoms with van der Waals surface area (Å²) in [5.41, 5.74) is 1.97. The lowest BCUT2D eigenvalue weighted by atomic mass is 10.1. The number of nitrogens with one attached hydrogen (secondary N) is 3. The quantitative estimate of drug-likeness (QED) is 0.708. The molecular formula is C20H19N3O4. The fraction of sp³-hybridized carbons (Fsp3) is 0.200. The topological polar surface area (TPSA) is 104 Å². The van der Waals surface area contributed by atoms with Crippen molar-refractivity contribution in [3.8, 4) is 0 Å². The first-order chi connectivity index (χ1) is 12.9. The zero-order chi connectivity index (χ0) is 19.4. The fourth-order valence-electron chi connectivity index (χ4n) is 2.80. The number of hydrogen-bond donors (Lipinski definition) is 3. The molecule has 0 aliphatic carbocycles. The molecule has 0 radical (unpaired) electrons. The van der Waals surface area contributed by atoms with Gasteiger partial charge in [0.1, 0.15) is 6.04 Å². The molecule has 1 heterocycles. The van der Waals surface area contributed by atoms with Gasteiger partial charge in [0.25, 0.3) is 5.91 Å². The zero-order valence-electron chi connectivity index (χ0n) is 14.7. The molecule has 3 N–H and O–H groups in total. The maximum Gasteiger partial charge on any atom is 0.254 e. The van der Waals surface area contributed by atoms with Crippen molar-refractivity contribution in [1.82, 2.24) is 5.32 Å². The van der Waals surface area contributed by atoms with Crippen LogP contribution in [-0.2, 0) is 9.59 Å². The zero-order valence-corrected chi connectivity index (χ0v) is 14.7. The Labute approximate surface area is 156 Å². The molecule has 0 aromatic heterocycles. The minimum absolute atomic E-state index is 0.0519. The normalized spacial score (nSPS) is 15.8. The largest absolute Gasteiger partial charge is 0.340 e. The Morgan fingerprint density at radius 2 is 1.74 bits per heavy atom. The third kappa shape index (κ3) is 4.38. The summed E-state index contributed by atoms with van der Waals surface area (Å²) in [5, 5.41) is 8.07. The van der Waals surface area contributed by atoms with Crippen molar-refractivity contribution in [1.29, 1.82) is 0 Å². The Morgan fingerprint density at radius 3 is 2.44 bits per heavy atom. The van der Waals surface area contributed by atoms with E-state index >= 15 is 0 Å². The van der Waals surface area contributed by atoms with Gasteiger partial charge in [-0.25, -0.2) is 0 Å². The van der Waals surface area contributed by atoms with Crippen LogP contribution in [0.3, 0.4) is 0 Å². The summed E-state index contributed by atoms with van der Waals surface area (Å²) in [6.07, 6.45) is 0.228. The lowest BCUT2D eigenvalue weighted by Gasteiger charge is -2.14. The first-order valence-electron chi connectivity index (χ1n) is 8.55. The predicted octanol–water partition coefficient (Wildman–Crippen LogP) is 2.36. The summed E-state index contributed by atoms with van der Waals surface area (Å²) in [5.74, 6) is -1.04. The molecule has 1 unspecified atom stereocenters. The molecule has 1 atom stereocenters. The van der Waals surface area contributed by atoms with Gasteiger partial charge in [0.05, 0.1) is 11.3 Å². The first kappa shape index (κ1) is 18.3. The highest BCUT2D eigenvalue weighted by Crippen LogP contribution is 2.19. The number of carbonyl (C=O) groups is 4. The first-order valence-corrected chi connectivity index (χ1v) is 8.55. The van der Waals surface area contributed by atoms with Crippen molar-refractivity contribution in [2.75, 3.05) is 10.6 Å². The second-order valence-corrected chi connectivity index (χ2v) is 6.28. The minimum atomic E-state index is -0.796. The van der Waals surface area contributed by atoms with Crippen LogP contribution in [0.4, 0.5) is 11.4 Å². The van der Waals surface area contributed by atoms with Gasteiger partial charge in [0.2, 0.25) is 11.8 Å². The van der Waals surface area contributed by atoms with Crippen molar-refractivity contribution < 1.29 is 19.2 Å². The molecule has 0 saturated carbocycles. The van der Waals surface area contributed by atoms with Gasteiger partial charge in [0, 0.05) is 17.7 Å². The average molecular weight is 365 g/mol. The lowest BCUT2D eigenvalue weighted by molar-refractivity contribution is -0.118. The highest BCUT2D eigenvalue weighted by atomic mass is 16.2. The monoisotopic (exact) mass is 365 g/mol. The maximum atomic E-state index is 12.3. The van der Waals surface area contributed by atoms with Crippen LogP contribution in [0.5, 0.6) is 0 Å². The van der Waals surface area contributed by atoms with Gasteiger partial charge in [-0.2, -0.15) is 0 Å². The van der Waals surface area contributed by atoms with Crippen LogP contribution in [0.15, 0.2) is 48.5 Å². The molecule has 1 aliphatic rings. The molecule has 138 valence electrons. The van der Waals surface area contributed by atoms with Crippen LogP contribution in [0, 0.1) is 0 Å². The van der Waals surface area contributed by atoms with E-state index in [1.54, 1.807) is 48.5 Å². The predicted molar refractivity (Wildman–Crippen MR) is 101 cm³/mol. The molecule has 2 aromatic carbocycles. The number of Topliss-reactive ketones (excluding diaryl/α,β-unsaturated/α-hetero) is 1. The number of ketones is 1. The summed E-state index contributed by atoms with van der Waals surface area (Å²) in [6, 6.07) is 12.5. The van der Waals surface area contributed by atoms with Crippen LogP contribution >= 0.6 is 0 Å². The highest BCUT2D eigenvalue weighted by Gasteiger charge is 2.27. The number of amides is 3. The summed E-state index contributed by atoms with van der Waals surface area (Å²) in [4.78, 5) is 48.0. The number of anilines is 2. The Morgan fingerprint density at radius 1 is 1.04 bits per heavy atom. The highest BCUT2D eigenvalue weighted by molar-refractivity contribution is 6.10. The van der Waals surface area contributed by atoms with Crippen LogP contribution < -0.4 is 16.0 Å². The molecule has 0 saturated heterocycles. The molecule has 0 bridgehead atoms. The molecule has 2 aromatic rings. The van der Waals surface area contributed by atoms with E-state index in [1.807, 2.05) is 0 Å². The summed E-state index contributed by atoms with van der Waals surface area (Å²) in [6.45, 7) is 1.47. The number of carbonyl (C=O) groups excluding carboxylic acids is 4. The second kappa shape index (κ2) is 7.82. The second-order valence-electron chi connectivity index (χ2n) is 6.28. The van der Waals surface area contributed by atoms with Gasteiger partial charge in [0.15, 0.2) is 5.78 Å². The Balaban J connectivity index is 1.58. The van der Waals surface area contributed by atoms with Gasteiger partial charge in [-0.15, -0.1) is 0 Å². The molecule has 0 fully saturated rings. The van der Waals surface area contributed by atoms with Crippen LogP contribution in [0.1, 0.15) is 40.5 Å². The van der Waals surface area contributed by atoms with E-state index < -0.39 is 6.04 Å². The van der Waals surface area contributed by atoms with Crippen LogP contribution in [0.25, 0.3) is 0 Å². The molecule has 1 aliphatic heterocycles. The lowest BCUT2D eigenvalue weighted by Crippen LogP contribution is -2.41.